The van der Waals surface area contributed by atoms with E-state index in [1.165, 1.54) is 75.0 Å². The second-order valence-corrected chi connectivity index (χ2v) is 16.4. The van der Waals surface area contributed by atoms with Gasteiger partial charge in [0.25, 0.3) is 0 Å². The van der Waals surface area contributed by atoms with Crippen molar-refractivity contribution in [3.63, 3.8) is 0 Å². The summed E-state index contributed by atoms with van der Waals surface area (Å²) < 4.78 is 5.12. The van der Waals surface area contributed by atoms with Crippen molar-refractivity contribution in [1.29, 1.82) is 0 Å². The number of para-hydroxylation sites is 2. The van der Waals surface area contributed by atoms with Crippen molar-refractivity contribution in [2.75, 3.05) is 0 Å². The maximum atomic E-state index is 5.34. The summed E-state index contributed by atoms with van der Waals surface area (Å²) in [5, 5.41) is 8.87. The van der Waals surface area contributed by atoms with Crippen LogP contribution >= 0.6 is 11.3 Å². The van der Waals surface area contributed by atoms with Crippen molar-refractivity contribution in [2.24, 2.45) is 0 Å². The summed E-state index contributed by atoms with van der Waals surface area (Å²) in [7, 11) is 0. The van der Waals surface area contributed by atoms with Crippen molar-refractivity contribution in [1.82, 2.24) is 14.5 Å². The fourth-order valence-corrected chi connectivity index (χ4v) is 10.7. The lowest BCUT2D eigenvalue weighted by atomic mass is 9.82. The van der Waals surface area contributed by atoms with Crippen LogP contribution in [0.15, 0.2) is 164 Å². The molecule has 0 saturated carbocycles. The minimum atomic E-state index is -0.0929. The van der Waals surface area contributed by atoms with Gasteiger partial charge in [0.05, 0.1) is 22.2 Å². The number of aromatic nitrogens is 3. The van der Waals surface area contributed by atoms with E-state index in [-0.39, 0.29) is 5.41 Å². The van der Waals surface area contributed by atoms with E-state index in [9.17, 15) is 0 Å². The van der Waals surface area contributed by atoms with Gasteiger partial charge in [0.15, 0.2) is 5.82 Å². The Hall–Kier alpha value is -6.62. The number of fused-ring (bicyclic) bond motifs is 14. The molecule has 0 spiro atoms. The smallest absolute Gasteiger partial charge is 0.160 e. The molecule has 258 valence electrons. The quantitative estimate of drug-likeness (QED) is 0.182. The summed E-state index contributed by atoms with van der Waals surface area (Å²) in [6.07, 6.45) is 0. The molecule has 0 aliphatic heterocycles. The number of rotatable bonds is 3. The van der Waals surface area contributed by atoms with E-state index in [1.807, 2.05) is 11.3 Å². The van der Waals surface area contributed by atoms with Crippen LogP contribution in [0.3, 0.4) is 0 Å². The van der Waals surface area contributed by atoms with Gasteiger partial charge in [0.2, 0.25) is 0 Å². The predicted molar refractivity (Wildman–Crippen MR) is 233 cm³/mol. The summed E-state index contributed by atoms with van der Waals surface area (Å²) in [5.41, 5.74) is 12.8. The molecule has 12 rings (SSSR count). The SMILES string of the molecule is CC1(C)c2ccccc2-c2ccc(-c3nc(-c4ccc(-n5c6ccccc6c6c7sc8ccccc8c7c7ccccc7c65)cc4)nc4ccccc34)cc21. The van der Waals surface area contributed by atoms with Crippen molar-refractivity contribution in [3.05, 3.63) is 175 Å². The fourth-order valence-electron chi connectivity index (χ4n) is 9.43. The van der Waals surface area contributed by atoms with Gasteiger partial charge in [0, 0.05) is 63.9 Å². The third kappa shape index (κ3) is 4.26. The van der Waals surface area contributed by atoms with E-state index in [0.717, 1.165) is 39.2 Å². The zero-order chi connectivity index (χ0) is 36.4. The molecule has 0 fully saturated rings. The highest BCUT2D eigenvalue weighted by Gasteiger charge is 2.35. The van der Waals surface area contributed by atoms with E-state index in [2.05, 4.69) is 182 Å². The van der Waals surface area contributed by atoms with Crippen LogP contribution in [0.4, 0.5) is 0 Å². The zero-order valence-electron chi connectivity index (χ0n) is 30.3. The second kappa shape index (κ2) is 11.2. The maximum absolute atomic E-state index is 5.34. The monoisotopic (exact) mass is 719 g/mol. The van der Waals surface area contributed by atoms with Crippen LogP contribution < -0.4 is 0 Å². The van der Waals surface area contributed by atoms with E-state index in [4.69, 9.17) is 9.97 Å². The molecule has 3 aromatic heterocycles. The zero-order valence-corrected chi connectivity index (χ0v) is 31.2. The lowest BCUT2D eigenvalue weighted by Crippen LogP contribution is -2.14. The Labute approximate surface area is 321 Å². The molecule has 3 nitrogen and oxygen atoms in total. The van der Waals surface area contributed by atoms with Gasteiger partial charge in [-0.1, -0.05) is 129 Å². The van der Waals surface area contributed by atoms with E-state index >= 15 is 0 Å². The Morgan fingerprint density at radius 3 is 2.02 bits per heavy atom. The average molecular weight is 720 g/mol. The highest BCUT2D eigenvalue weighted by molar-refractivity contribution is 7.27. The Kier molecular flexibility index (Phi) is 6.27. The van der Waals surface area contributed by atoms with Gasteiger partial charge in [-0.25, -0.2) is 9.97 Å². The van der Waals surface area contributed by atoms with Gasteiger partial charge in [-0.15, -0.1) is 11.3 Å². The molecular weight excluding hydrogens is 687 g/mol. The van der Waals surface area contributed by atoms with Gasteiger partial charge in [-0.05, 0) is 76.2 Å². The molecule has 11 aromatic rings. The Balaban J connectivity index is 1.04. The average Bonchev–Trinajstić information content (AvgIpc) is 3.87. The third-order valence-electron chi connectivity index (χ3n) is 12.0. The highest BCUT2D eigenvalue weighted by Crippen LogP contribution is 2.50. The summed E-state index contributed by atoms with van der Waals surface area (Å²) in [6.45, 7) is 4.66. The van der Waals surface area contributed by atoms with Crippen LogP contribution in [0.25, 0.3) is 103 Å². The van der Waals surface area contributed by atoms with Crippen LogP contribution in [-0.4, -0.2) is 14.5 Å². The van der Waals surface area contributed by atoms with Gasteiger partial charge in [-0.3, -0.25) is 0 Å². The summed E-state index contributed by atoms with van der Waals surface area (Å²) in [5.74, 6) is 0.725. The first-order valence-corrected chi connectivity index (χ1v) is 19.7. The standard InChI is InChI=1S/C51H33N3S/c1-51(2)40-19-9-5-13-33(40)34-28-25-31(29-41(34)51)47-37-16-6-10-20-42(37)52-50(53-47)30-23-26-32(27-24-30)54-43-21-11-7-17-38(43)46-48(54)36-15-4-3-14-35(36)45-39-18-8-12-22-44(39)55-49(45)46/h3-29H,1-2H3. The molecule has 8 aromatic carbocycles. The van der Waals surface area contributed by atoms with Gasteiger partial charge < -0.3 is 4.57 Å². The van der Waals surface area contributed by atoms with E-state index in [0.29, 0.717) is 0 Å². The number of hydrogen-bond donors (Lipinski definition) is 0. The van der Waals surface area contributed by atoms with E-state index < -0.39 is 0 Å². The largest absolute Gasteiger partial charge is 0.309 e. The molecule has 0 saturated heterocycles. The molecule has 1 aliphatic carbocycles. The van der Waals surface area contributed by atoms with Crippen LogP contribution in [-0.2, 0) is 5.41 Å². The number of nitrogens with zero attached hydrogens (tertiary/aromatic N) is 3. The molecule has 1 aliphatic rings. The Morgan fingerprint density at radius 1 is 0.509 bits per heavy atom. The van der Waals surface area contributed by atoms with Crippen molar-refractivity contribution in [3.8, 4) is 39.5 Å². The lowest BCUT2D eigenvalue weighted by molar-refractivity contribution is 0.660. The first kappa shape index (κ1) is 30.8. The first-order chi connectivity index (χ1) is 27.0. The normalized spacial score (nSPS) is 13.4. The molecule has 0 unspecified atom stereocenters. The van der Waals surface area contributed by atoms with Crippen molar-refractivity contribution >= 4 is 75.0 Å². The Bertz CT molecular complexity index is 3400. The van der Waals surface area contributed by atoms with Crippen LogP contribution in [0.1, 0.15) is 25.0 Å². The summed E-state index contributed by atoms with van der Waals surface area (Å²) >= 11 is 1.90. The van der Waals surface area contributed by atoms with Crippen LogP contribution in [0.2, 0.25) is 0 Å². The predicted octanol–water partition coefficient (Wildman–Crippen LogP) is 13.9. The summed E-state index contributed by atoms with van der Waals surface area (Å²) in [4.78, 5) is 10.5. The van der Waals surface area contributed by atoms with Crippen LogP contribution in [0, 0.1) is 0 Å². The highest BCUT2D eigenvalue weighted by atomic mass is 32.1. The molecule has 0 atom stereocenters. The minimum Gasteiger partial charge on any atom is -0.309 e. The molecule has 0 bridgehead atoms. The number of hydrogen-bond acceptors (Lipinski definition) is 3. The van der Waals surface area contributed by atoms with Crippen molar-refractivity contribution < 1.29 is 0 Å². The fraction of sp³-hybridized carbons (Fsp3) is 0.0588. The second-order valence-electron chi connectivity index (χ2n) is 15.3. The van der Waals surface area contributed by atoms with Crippen LogP contribution in [0.5, 0.6) is 0 Å². The summed E-state index contributed by atoms with van der Waals surface area (Å²) in [6, 6.07) is 59.5. The van der Waals surface area contributed by atoms with Crippen molar-refractivity contribution in [2.45, 2.75) is 19.3 Å². The molecule has 3 heterocycles. The maximum Gasteiger partial charge on any atom is 0.160 e. The number of benzene rings is 8. The molecular formula is C51H33N3S. The first-order valence-electron chi connectivity index (χ1n) is 18.9. The molecule has 4 heteroatoms. The molecule has 0 amide bonds. The Morgan fingerprint density at radius 2 is 1.16 bits per heavy atom. The van der Waals surface area contributed by atoms with Gasteiger partial charge >= 0.3 is 0 Å². The lowest BCUT2D eigenvalue weighted by Gasteiger charge is -2.22. The number of thiophene rings is 1. The minimum absolute atomic E-state index is 0.0929. The van der Waals surface area contributed by atoms with E-state index in [1.54, 1.807) is 0 Å². The topological polar surface area (TPSA) is 30.7 Å². The molecule has 0 radical (unpaired) electrons. The van der Waals surface area contributed by atoms with Gasteiger partial charge in [-0.2, -0.15) is 0 Å². The van der Waals surface area contributed by atoms with Gasteiger partial charge in [0.1, 0.15) is 0 Å². The molecule has 55 heavy (non-hydrogen) atoms. The molecule has 0 N–H and O–H groups in total. The third-order valence-corrected chi connectivity index (χ3v) is 13.2.